The molecule has 0 bridgehead atoms. The van der Waals surface area contributed by atoms with Crippen LogP contribution < -0.4 is 5.32 Å². The Balaban J connectivity index is 1.69. The van der Waals surface area contributed by atoms with Crippen LogP contribution in [0.1, 0.15) is 23.1 Å². The van der Waals surface area contributed by atoms with Gasteiger partial charge in [0.2, 0.25) is 17.7 Å². The number of carbonyl (C=O) groups is 3. The summed E-state index contributed by atoms with van der Waals surface area (Å²) in [6.45, 7) is -0.0645. The van der Waals surface area contributed by atoms with Crippen LogP contribution in [-0.4, -0.2) is 35.7 Å². The standard InChI is InChI=1S/C15H16N2O3/c18-13-8-17(9-14(19)16-13)15(20)7-10-4-5-11-2-1-3-12(11)6-10/h4-6H,1-3,7-9H2,(H,16,18,19). The molecule has 2 aliphatic rings. The van der Waals surface area contributed by atoms with Crippen molar-refractivity contribution >= 4 is 17.7 Å². The van der Waals surface area contributed by atoms with Crippen LogP contribution in [-0.2, 0) is 33.6 Å². The maximum atomic E-state index is 12.2. The van der Waals surface area contributed by atoms with Crippen molar-refractivity contribution in [3.63, 3.8) is 0 Å². The number of hydrogen-bond donors (Lipinski definition) is 1. The molecule has 0 aromatic heterocycles. The molecule has 1 aliphatic heterocycles. The minimum atomic E-state index is -0.413. The summed E-state index contributed by atoms with van der Waals surface area (Å²) in [6.07, 6.45) is 3.60. The zero-order chi connectivity index (χ0) is 14.1. The fourth-order valence-electron chi connectivity index (χ4n) is 2.84. The van der Waals surface area contributed by atoms with Gasteiger partial charge in [-0.15, -0.1) is 0 Å². The predicted molar refractivity (Wildman–Crippen MR) is 71.9 cm³/mol. The van der Waals surface area contributed by atoms with Crippen LogP contribution in [0, 0.1) is 0 Å². The lowest BCUT2D eigenvalue weighted by atomic mass is 10.0. The molecule has 1 heterocycles. The molecule has 1 aromatic rings. The van der Waals surface area contributed by atoms with Gasteiger partial charge in [0.25, 0.3) is 0 Å². The van der Waals surface area contributed by atoms with Crippen LogP contribution in [0.2, 0.25) is 0 Å². The zero-order valence-electron chi connectivity index (χ0n) is 11.1. The van der Waals surface area contributed by atoms with Gasteiger partial charge in [-0.1, -0.05) is 18.2 Å². The summed E-state index contributed by atoms with van der Waals surface area (Å²) in [5, 5.41) is 2.19. The van der Waals surface area contributed by atoms with E-state index in [4.69, 9.17) is 0 Å². The van der Waals surface area contributed by atoms with Crippen molar-refractivity contribution in [2.24, 2.45) is 0 Å². The van der Waals surface area contributed by atoms with Crippen LogP contribution in [0.25, 0.3) is 0 Å². The molecule has 1 N–H and O–H groups in total. The molecule has 104 valence electrons. The van der Waals surface area contributed by atoms with E-state index in [9.17, 15) is 14.4 Å². The van der Waals surface area contributed by atoms with Crippen LogP contribution >= 0.6 is 0 Å². The summed E-state index contributed by atoms with van der Waals surface area (Å²) in [4.78, 5) is 36.0. The van der Waals surface area contributed by atoms with Crippen LogP contribution in [0.15, 0.2) is 18.2 Å². The summed E-state index contributed by atoms with van der Waals surface area (Å²) >= 11 is 0. The maximum absolute atomic E-state index is 12.2. The molecule has 20 heavy (non-hydrogen) atoms. The number of imide groups is 1. The monoisotopic (exact) mass is 272 g/mol. The molecule has 0 atom stereocenters. The third-order valence-electron chi connectivity index (χ3n) is 3.82. The summed E-state index contributed by atoms with van der Waals surface area (Å²) in [7, 11) is 0. The third kappa shape index (κ3) is 2.57. The average Bonchev–Trinajstić information content (AvgIpc) is 2.85. The second-order valence-electron chi connectivity index (χ2n) is 5.35. The van der Waals surface area contributed by atoms with Gasteiger partial charge in [-0.25, -0.2) is 0 Å². The van der Waals surface area contributed by atoms with E-state index >= 15 is 0 Å². The van der Waals surface area contributed by atoms with Gasteiger partial charge < -0.3 is 4.90 Å². The molecular weight excluding hydrogens is 256 g/mol. The number of nitrogens with zero attached hydrogens (tertiary/aromatic N) is 1. The SMILES string of the molecule is O=C1CN(C(=O)Cc2ccc3c(c2)CCC3)CC(=O)N1. The van der Waals surface area contributed by atoms with Gasteiger partial charge >= 0.3 is 0 Å². The Morgan fingerprint density at radius 1 is 1.10 bits per heavy atom. The highest BCUT2D eigenvalue weighted by Crippen LogP contribution is 2.23. The largest absolute Gasteiger partial charge is 0.324 e. The quantitative estimate of drug-likeness (QED) is 0.782. The van der Waals surface area contributed by atoms with E-state index < -0.39 is 11.8 Å². The topological polar surface area (TPSA) is 66.5 Å². The van der Waals surface area contributed by atoms with Gasteiger partial charge in [0, 0.05) is 0 Å². The molecule has 1 saturated heterocycles. The van der Waals surface area contributed by atoms with Gasteiger partial charge in [-0.2, -0.15) is 0 Å². The lowest BCUT2D eigenvalue weighted by Crippen LogP contribution is -2.53. The van der Waals surface area contributed by atoms with Gasteiger partial charge in [-0.05, 0) is 36.0 Å². The van der Waals surface area contributed by atoms with Crippen molar-refractivity contribution in [1.82, 2.24) is 10.2 Å². The van der Waals surface area contributed by atoms with Gasteiger partial charge in [0.05, 0.1) is 6.42 Å². The number of piperazine rings is 1. The smallest absolute Gasteiger partial charge is 0.246 e. The van der Waals surface area contributed by atoms with Gasteiger partial charge in [-0.3, -0.25) is 19.7 Å². The first-order valence-corrected chi connectivity index (χ1v) is 6.83. The van der Waals surface area contributed by atoms with Crippen molar-refractivity contribution in [2.75, 3.05) is 13.1 Å². The number of amides is 3. The van der Waals surface area contributed by atoms with Crippen molar-refractivity contribution in [2.45, 2.75) is 25.7 Å². The number of aryl methyl sites for hydroxylation is 2. The molecule has 1 aromatic carbocycles. The fraction of sp³-hybridized carbons (Fsp3) is 0.400. The second kappa shape index (κ2) is 5.07. The van der Waals surface area contributed by atoms with E-state index in [2.05, 4.69) is 17.4 Å². The van der Waals surface area contributed by atoms with E-state index in [1.807, 2.05) is 6.07 Å². The van der Waals surface area contributed by atoms with Crippen LogP contribution in [0.5, 0.6) is 0 Å². The molecule has 1 fully saturated rings. The number of rotatable bonds is 2. The highest BCUT2D eigenvalue weighted by atomic mass is 16.2. The lowest BCUT2D eigenvalue weighted by Gasteiger charge is -2.25. The number of benzene rings is 1. The molecule has 3 rings (SSSR count). The summed E-state index contributed by atoms with van der Waals surface area (Å²) in [6, 6.07) is 6.12. The highest BCUT2D eigenvalue weighted by Gasteiger charge is 2.26. The summed E-state index contributed by atoms with van der Waals surface area (Å²) in [5.74, 6) is -1.00. The van der Waals surface area contributed by atoms with Crippen LogP contribution in [0.4, 0.5) is 0 Å². The minimum absolute atomic E-state index is 0.0322. The zero-order valence-corrected chi connectivity index (χ0v) is 11.1. The predicted octanol–water partition coefficient (Wildman–Crippen LogP) is 0.203. The first-order chi connectivity index (χ1) is 9.61. The fourth-order valence-corrected chi connectivity index (χ4v) is 2.84. The molecule has 0 saturated carbocycles. The first kappa shape index (κ1) is 12.8. The first-order valence-electron chi connectivity index (χ1n) is 6.83. The molecule has 5 heteroatoms. The number of fused-ring (bicyclic) bond motifs is 1. The molecule has 3 amide bonds. The molecule has 5 nitrogen and oxygen atoms in total. The molecule has 1 aliphatic carbocycles. The van der Waals surface area contributed by atoms with Gasteiger partial charge in [0.15, 0.2) is 0 Å². The van der Waals surface area contributed by atoms with E-state index in [0.29, 0.717) is 0 Å². The Labute approximate surface area is 116 Å². The molecule has 0 unspecified atom stereocenters. The molecule has 0 radical (unpaired) electrons. The summed E-state index contributed by atoms with van der Waals surface area (Å²) in [5.41, 5.74) is 3.64. The van der Waals surface area contributed by atoms with E-state index in [1.54, 1.807) is 0 Å². The van der Waals surface area contributed by atoms with Crippen molar-refractivity contribution in [3.8, 4) is 0 Å². The lowest BCUT2D eigenvalue weighted by molar-refractivity contribution is -0.145. The highest BCUT2D eigenvalue weighted by molar-refractivity contribution is 6.02. The van der Waals surface area contributed by atoms with Crippen LogP contribution in [0.3, 0.4) is 0 Å². The Kier molecular flexibility index (Phi) is 3.26. The van der Waals surface area contributed by atoms with Gasteiger partial charge in [0.1, 0.15) is 13.1 Å². The number of hydrogen-bond acceptors (Lipinski definition) is 3. The van der Waals surface area contributed by atoms with Crippen molar-refractivity contribution < 1.29 is 14.4 Å². The Morgan fingerprint density at radius 2 is 1.80 bits per heavy atom. The Bertz CT molecular complexity index is 579. The second-order valence-corrected chi connectivity index (χ2v) is 5.35. The van der Waals surface area contributed by atoms with E-state index in [-0.39, 0.29) is 25.4 Å². The Morgan fingerprint density at radius 3 is 2.55 bits per heavy atom. The maximum Gasteiger partial charge on any atom is 0.246 e. The normalized spacial score (nSPS) is 17.9. The number of carbonyl (C=O) groups excluding carboxylic acids is 3. The summed E-state index contributed by atoms with van der Waals surface area (Å²) < 4.78 is 0. The van der Waals surface area contributed by atoms with Crippen molar-refractivity contribution in [1.29, 1.82) is 0 Å². The third-order valence-corrected chi connectivity index (χ3v) is 3.82. The molecule has 0 spiro atoms. The van der Waals surface area contributed by atoms with E-state index in [0.717, 1.165) is 18.4 Å². The Hall–Kier alpha value is -2.17. The minimum Gasteiger partial charge on any atom is -0.324 e. The average molecular weight is 272 g/mol. The van der Waals surface area contributed by atoms with E-state index in [1.165, 1.54) is 22.4 Å². The molecular formula is C15H16N2O3. The van der Waals surface area contributed by atoms with Crippen molar-refractivity contribution in [3.05, 3.63) is 34.9 Å². The number of nitrogens with one attached hydrogen (secondary N) is 1.